The van der Waals surface area contributed by atoms with Crippen LogP contribution < -0.4 is 15.5 Å². The van der Waals surface area contributed by atoms with Crippen molar-refractivity contribution in [1.29, 1.82) is 0 Å². The van der Waals surface area contributed by atoms with Crippen molar-refractivity contribution in [2.45, 2.75) is 45.8 Å². The molecule has 2 saturated heterocycles. The molecule has 7 nitrogen and oxygen atoms in total. The highest BCUT2D eigenvalue weighted by Gasteiger charge is 2.18. The summed E-state index contributed by atoms with van der Waals surface area (Å²) in [5.74, 6) is 0.579. The largest absolute Gasteiger partial charge is 0.379 e. The van der Waals surface area contributed by atoms with E-state index in [1.54, 1.807) is 6.07 Å². The monoisotopic (exact) mass is 577 g/mol. The van der Waals surface area contributed by atoms with E-state index >= 15 is 0 Å². The number of guanidine groups is 1. The first-order chi connectivity index (χ1) is 15.7. The highest BCUT2D eigenvalue weighted by Crippen LogP contribution is 2.22. The van der Waals surface area contributed by atoms with E-state index in [0.29, 0.717) is 25.4 Å². The Morgan fingerprint density at radius 1 is 1.21 bits per heavy atom. The molecule has 1 aromatic rings. The lowest BCUT2D eigenvalue weighted by Crippen LogP contribution is -2.46. The number of nitrogens with one attached hydrogen (secondary N) is 2. The van der Waals surface area contributed by atoms with Gasteiger partial charge in [0, 0.05) is 52.5 Å². The fourth-order valence-electron chi connectivity index (χ4n) is 4.09. The minimum Gasteiger partial charge on any atom is -0.379 e. The van der Waals surface area contributed by atoms with Crippen molar-refractivity contribution < 1.29 is 13.9 Å². The molecule has 33 heavy (non-hydrogen) atoms. The van der Waals surface area contributed by atoms with E-state index in [9.17, 15) is 4.39 Å². The second-order valence-electron chi connectivity index (χ2n) is 8.39. The van der Waals surface area contributed by atoms with Crippen LogP contribution in [0.1, 0.15) is 38.7 Å². The number of likely N-dealkylation sites (N-methyl/N-ethyl adjacent to an activating group) is 1. The van der Waals surface area contributed by atoms with Crippen LogP contribution in [0.25, 0.3) is 0 Å². The van der Waals surface area contributed by atoms with E-state index in [1.807, 2.05) is 19.1 Å². The second-order valence-corrected chi connectivity index (χ2v) is 8.39. The summed E-state index contributed by atoms with van der Waals surface area (Å²) < 4.78 is 26.0. The molecule has 3 rings (SSSR count). The van der Waals surface area contributed by atoms with Gasteiger partial charge in [-0.25, -0.2) is 9.38 Å². The summed E-state index contributed by atoms with van der Waals surface area (Å²) in [7, 11) is 0. The van der Waals surface area contributed by atoms with E-state index in [2.05, 4.69) is 32.3 Å². The highest BCUT2D eigenvalue weighted by molar-refractivity contribution is 14.0. The van der Waals surface area contributed by atoms with Gasteiger partial charge in [0.25, 0.3) is 0 Å². The number of nitrogens with zero attached hydrogens (tertiary/aromatic N) is 3. The third-order valence-electron chi connectivity index (χ3n) is 6.02. The molecule has 0 radical (unpaired) electrons. The van der Waals surface area contributed by atoms with Gasteiger partial charge in [-0.1, -0.05) is 13.0 Å². The summed E-state index contributed by atoms with van der Waals surface area (Å²) >= 11 is 0. The van der Waals surface area contributed by atoms with Gasteiger partial charge in [-0.2, -0.15) is 0 Å². The van der Waals surface area contributed by atoms with E-state index in [4.69, 9.17) is 9.47 Å². The third-order valence-corrected chi connectivity index (χ3v) is 6.02. The Balaban J connectivity index is 0.00000385. The molecule has 9 heteroatoms. The van der Waals surface area contributed by atoms with Crippen molar-refractivity contribution in [3.63, 3.8) is 0 Å². The van der Waals surface area contributed by atoms with Gasteiger partial charge >= 0.3 is 0 Å². The molecule has 2 aliphatic rings. The standard InChI is InChI=1S/C24H40FN5O2.HI/c1-3-26-24(27-10-6-15-31-19-21-7-5-16-32-21)28-18-20-8-9-23(22(25)17-20)30-13-11-29(4-2)12-14-30;/h8-9,17,21H,3-7,10-16,18-19H2,1-2H3,(H2,26,27,28);1H. The molecule has 2 fully saturated rings. The van der Waals surface area contributed by atoms with Crippen molar-refractivity contribution in [2.24, 2.45) is 4.99 Å². The zero-order valence-electron chi connectivity index (χ0n) is 20.2. The van der Waals surface area contributed by atoms with Gasteiger partial charge in [0.1, 0.15) is 5.82 Å². The Labute approximate surface area is 215 Å². The summed E-state index contributed by atoms with van der Waals surface area (Å²) in [5.41, 5.74) is 1.57. The summed E-state index contributed by atoms with van der Waals surface area (Å²) in [5, 5.41) is 6.58. The molecule has 188 valence electrons. The van der Waals surface area contributed by atoms with Crippen LogP contribution in [0, 0.1) is 5.82 Å². The smallest absolute Gasteiger partial charge is 0.191 e. The molecule has 0 aliphatic carbocycles. The number of aliphatic imine (C=N–C) groups is 1. The van der Waals surface area contributed by atoms with Crippen molar-refractivity contribution in [2.75, 3.05) is 70.5 Å². The zero-order chi connectivity index (χ0) is 22.6. The lowest BCUT2D eigenvalue weighted by Gasteiger charge is -2.35. The summed E-state index contributed by atoms with van der Waals surface area (Å²) in [4.78, 5) is 9.15. The predicted molar refractivity (Wildman–Crippen MR) is 143 cm³/mol. The van der Waals surface area contributed by atoms with Crippen LogP contribution in [0.2, 0.25) is 0 Å². The van der Waals surface area contributed by atoms with E-state index in [1.165, 1.54) is 0 Å². The van der Waals surface area contributed by atoms with Crippen LogP contribution in [-0.2, 0) is 16.0 Å². The van der Waals surface area contributed by atoms with Crippen LogP contribution >= 0.6 is 24.0 Å². The van der Waals surface area contributed by atoms with Crippen LogP contribution in [0.4, 0.5) is 10.1 Å². The van der Waals surface area contributed by atoms with Gasteiger partial charge in [0.2, 0.25) is 0 Å². The maximum absolute atomic E-state index is 14.8. The zero-order valence-corrected chi connectivity index (χ0v) is 22.5. The quantitative estimate of drug-likeness (QED) is 0.182. The van der Waals surface area contributed by atoms with Crippen LogP contribution in [-0.4, -0.2) is 82.6 Å². The Hall–Kier alpha value is -1.17. The van der Waals surface area contributed by atoms with Crippen molar-refractivity contribution in [3.8, 4) is 0 Å². The number of halogens is 2. The number of hydrogen-bond donors (Lipinski definition) is 2. The summed E-state index contributed by atoms with van der Waals surface area (Å²) in [6.07, 6.45) is 3.41. The fourth-order valence-corrected chi connectivity index (χ4v) is 4.09. The molecule has 0 bridgehead atoms. The molecule has 0 amide bonds. The minimum atomic E-state index is -0.163. The fraction of sp³-hybridized carbons (Fsp3) is 0.708. The van der Waals surface area contributed by atoms with Gasteiger partial charge in [-0.15, -0.1) is 24.0 Å². The Kier molecular flexibility index (Phi) is 13.3. The van der Waals surface area contributed by atoms with Gasteiger partial charge in [0.05, 0.1) is 24.9 Å². The average molecular weight is 578 g/mol. The average Bonchev–Trinajstić information content (AvgIpc) is 3.33. The maximum atomic E-state index is 14.8. The van der Waals surface area contributed by atoms with Crippen LogP contribution in [0.15, 0.2) is 23.2 Å². The lowest BCUT2D eigenvalue weighted by atomic mass is 10.1. The molecule has 1 unspecified atom stereocenters. The molecule has 1 aromatic carbocycles. The van der Waals surface area contributed by atoms with Gasteiger partial charge in [-0.05, 0) is 50.4 Å². The first-order valence-corrected chi connectivity index (χ1v) is 12.2. The Bertz CT molecular complexity index is 710. The van der Waals surface area contributed by atoms with Crippen molar-refractivity contribution >= 4 is 35.6 Å². The molecule has 2 N–H and O–H groups in total. The van der Waals surface area contributed by atoms with E-state index in [0.717, 1.165) is 83.2 Å². The molecular weight excluding hydrogens is 536 g/mol. The second kappa shape index (κ2) is 15.7. The predicted octanol–water partition coefficient (Wildman–Crippen LogP) is 3.23. The van der Waals surface area contributed by atoms with Crippen LogP contribution in [0.5, 0.6) is 0 Å². The first-order valence-electron chi connectivity index (χ1n) is 12.2. The molecule has 0 saturated carbocycles. The van der Waals surface area contributed by atoms with Crippen molar-refractivity contribution in [1.82, 2.24) is 15.5 Å². The Morgan fingerprint density at radius 2 is 2.03 bits per heavy atom. The topological polar surface area (TPSA) is 61.4 Å². The minimum absolute atomic E-state index is 0. The molecule has 2 heterocycles. The third kappa shape index (κ3) is 9.54. The van der Waals surface area contributed by atoms with E-state index in [-0.39, 0.29) is 35.9 Å². The Morgan fingerprint density at radius 3 is 2.70 bits per heavy atom. The maximum Gasteiger partial charge on any atom is 0.191 e. The SMILES string of the molecule is CCNC(=NCc1ccc(N2CCN(CC)CC2)c(F)c1)NCCCOCC1CCCO1.I. The van der Waals surface area contributed by atoms with E-state index < -0.39 is 0 Å². The number of rotatable bonds is 11. The van der Waals surface area contributed by atoms with Gasteiger partial charge in [0.15, 0.2) is 5.96 Å². The molecule has 2 aliphatic heterocycles. The van der Waals surface area contributed by atoms with Crippen LogP contribution in [0.3, 0.4) is 0 Å². The van der Waals surface area contributed by atoms with Gasteiger partial charge in [-0.3, -0.25) is 0 Å². The summed E-state index contributed by atoms with van der Waals surface area (Å²) in [6.45, 7) is 13.2. The highest BCUT2D eigenvalue weighted by atomic mass is 127. The lowest BCUT2D eigenvalue weighted by molar-refractivity contribution is 0.0168. The first kappa shape index (κ1) is 28.1. The molecular formula is C24H41FIN5O2. The molecule has 0 spiro atoms. The number of ether oxygens (including phenoxy) is 2. The number of hydrogen-bond acceptors (Lipinski definition) is 5. The summed E-state index contributed by atoms with van der Waals surface area (Å²) in [6, 6.07) is 5.50. The molecule has 1 atom stereocenters. The molecule has 0 aromatic heterocycles. The normalized spacial score (nSPS) is 19.4. The number of benzene rings is 1. The number of anilines is 1. The van der Waals surface area contributed by atoms with Gasteiger partial charge < -0.3 is 29.9 Å². The number of piperazine rings is 1. The van der Waals surface area contributed by atoms with Crippen molar-refractivity contribution in [3.05, 3.63) is 29.6 Å².